The number of carbonyl (C=O) groups excluding carboxylic acids is 1. The first kappa shape index (κ1) is 14.5. The topological polar surface area (TPSA) is 38.8 Å². The Morgan fingerprint density at radius 1 is 1.19 bits per heavy atom. The maximum Gasteiger partial charge on any atom is 0.311 e. The molecule has 0 aromatic heterocycles. The zero-order valence-electron chi connectivity index (χ0n) is 12.5. The van der Waals surface area contributed by atoms with E-state index in [1.807, 2.05) is 30.3 Å². The molecule has 0 saturated carbocycles. The Morgan fingerprint density at radius 3 is 2.52 bits per heavy atom. The molecule has 2 bridgehead atoms. The van der Waals surface area contributed by atoms with E-state index in [-0.39, 0.29) is 18.7 Å². The van der Waals surface area contributed by atoms with E-state index in [0.717, 1.165) is 18.4 Å². The van der Waals surface area contributed by atoms with Crippen LogP contribution >= 0.6 is 0 Å². The van der Waals surface area contributed by atoms with Crippen molar-refractivity contribution in [3.05, 3.63) is 35.9 Å². The molecule has 4 heteroatoms. The molecule has 2 aliphatic heterocycles. The van der Waals surface area contributed by atoms with Gasteiger partial charge in [0.25, 0.3) is 0 Å². The van der Waals surface area contributed by atoms with Gasteiger partial charge in [-0.25, -0.2) is 0 Å². The third-order valence-corrected chi connectivity index (χ3v) is 4.83. The Labute approximate surface area is 126 Å². The number of benzene rings is 1. The van der Waals surface area contributed by atoms with E-state index in [1.54, 1.807) is 0 Å². The average Bonchev–Trinajstić information content (AvgIpc) is 2.74. The molecule has 114 valence electrons. The third-order valence-electron chi connectivity index (χ3n) is 4.83. The molecule has 3 rings (SSSR count). The minimum atomic E-state index is -0.0898. The molecule has 0 amide bonds. The highest BCUT2D eigenvalue weighted by molar-refractivity contribution is 5.72. The van der Waals surface area contributed by atoms with Crippen LogP contribution in [0.1, 0.15) is 31.2 Å². The van der Waals surface area contributed by atoms with Gasteiger partial charge < -0.3 is 14.4 Å². The molecule has 1 aromatic carbocycles. The number of hydrogen-bond donors (Lipinski definition) is 0. The van der Waals surface area contributed by atoms with Crippen molar-refractivity contribution in [2.75, 3.05) is 13.8 Å². The van der Waals surface area contributed by atoms with Crippen LogP contribution in [-0.4, -0.2) is 36.8 Å². The number of nitrogens with zero attached hydrogens (tertiary/aromatic N) is 1. The van der Waals surface area contributed by atoms with Crippen LogP contribution in [-0.2, 0) is 20.9 Å². The van der Waals surface area contributed by atoms with Crippen molar-refractivity contribution < 1.29 is 14.3 Å². The van der Waals surface area contributed by atoms with Crippen molar-refractivity contribution in [3.63, 3.8) is 0 Å². The maximum atomic E-state index is 12.1. The molecule has 2 saturated heterocycles. The molecular formula is C17H23NO3. The van der Waals surface area contributed by atoms with Crippen molar-refractivity contribution >= 4 is 5.97 Å². The van der Waals surface area contributed by atoms with Gasteiger partial charge in [0.15, 0.2) is 6.79 Å². The van der Waals surface area contributed by atoms with Gasteiger partial charge in [-0.15, -0.1) is 0 Å². The Bertz CT molecular complexity index is 462. The van der Waals surface area contributed by atoms with Crippen LogP contribution in [0, 0.1) is 5.92 Å². The highest BCUT2D eigenvalue weighted by Gasteiger charge is 2.41. The number of piperidine rings is 1. The number of hydrogen-bond acceptors (Lipinski definition) is 4. The summed E-state index contributed by atoms with van der Waals surface area (Å²) in [6, 6.07) is 11.0. The maximum absolute atomic E-state index is 12.1. The van der Waals surface area contributed by atoms with Gasteiger partial charge in [0.2, 0.25) is 0 Å². The standard InChI is InChI=1S/C17H23NO3/c1-18-15-7-8-16(18)10-14(9-15)17(19)21-12-20-11-13-5-3-2-4-6-13/h2-6,14-16H,7-12H2,1H3/t14?,15-,16+. The molecule has 1 unspecified atom stereocenters. The normalized spacial score (nSPS) is 28.5. The number of fused-ring (bicyclic) bond motifs is 2. The fourth-order valence-electron chi connectivity index (χ4n) is 3.56. The van der Waals surface area contributed by atoms with Gasteiger partial charge in [0, 0.05) is 12.1 Å². The lowest BCUT2D eigenvalue weighted by molar-refractivity contribution is -0.164. The number of ether oxygens (including phenoxy) is 2. The summed E-state index contributed by atoms with van der Waals surface area (Å²) in [4.78, 5) is 14.5. The largest absolute Gasteiger partial charge is 0.438 e. The van der Waals surface area contributed by atoms with Gasteiger partial charge in [0.1, 0.15) is 0 Å². The second kappa shape index (κ2) is 6.58. The molecule has 0 aliphatic carbocycles. The first-order valence-corrected chi connectivity index (χ1v) is 7.74. The quantitative estimate of drug-likeness (QED) is 0.474. The highest BCUT2D eigenvalue weighted by atomic mass is 16.7. The fourth-order valence-corrected chi connectivity index (χ4v) is 3.56. The highest BCUT2D eigenvalue weighted by Crippen LogP contribution is 2.37. The Hall–Kier alpha value is -1.39. The van der Waals surface area contributed by atoms with Crippen molar-refractivity contribution in [3.8, 4) is 0 Å². The van der Waals surface area contributed by atoms with Gasteiger partial charge in [-0.3, -0.25) is 4.79 Å². The van der Waals surface area contributed by atoms with Gasteiger partial charge in [0.05, 0.1) is 12.5 Å². The zero-order valence-corrected chi connectivity index (χ0v) is 12.5. The van der Waals surface area contributed by atoms with E-state index < -0.39 is 0 Å². The summed E-state index contributed by atoms with van der Waals surface area (Å²) >= 11 is 0. The van der Waals surface area contributed by atoms with Crippen molar-refractivity contribution in [2.24, 2.45) is 5.92 Å². The van der Waals surface area contributed by atoms with E-state index in [1.165, 1.54) is 12.8 Å². The second-order valence-electron chi connectivity index (χ2n) is 6.13. The fraction of sp³-hybridized carbons (Fsp3) is 0.588. The molecule has 0 spiro atoms. The Kier molecular flexibility index (Phi) is 4.56. The van der Waals surface area contributed by atoms with Gasteiger partial charge in [-0.05, 0) is 38.3 Å². The number of esters is 1. The average molecular weight is 289 g/mol. The molecule has 2 heterocycles. The van der Waals surface area contributed by atoms with E-state index in [4.69, 9.17) is 9.47 Å². The van der Waals surface area contributed by atoms with E-state index in [9.17, 15) is 4.79 Å². The number of carbonyl (C=O) groups is 1. The lowest BCUT2D eigenvalue weighted by Gasteiger charge is -2.35. The molecular weight excluding hydrogens is 266 g/mol. The molecule has 3 atom stereocenters. The summed E-state index contributed by atoms with van der Waals surface area (Å²) in [7, 11) is 2.17. The second-order valence-corrected chi connectivity index (χ2v) is 6.13. The predicted molar refractivity (Wildman–Crippen MR) is 79.5 cm³/mol. The van der Waals surface area contributed by atoms with Crippen LogP contribution in [0.15, 0.2) is 30.3 Å². The van der Waals surface area contributed by atoms with Crippen LogP contribution in [0.5, 0.6) is 0 Å². The first-order chi connectivity index (χ1) is 10.2. The first-order valence-electron chi connectivity index (χ1n) is 7.74. The summed E-state index contributed by atoms with van der Waals surface area (Å²) < 4.78 is 10.7. The lowest BCUT2D eigenvalue weighted by Crippen LogP contribution is -2.42. The SMILES string of the molecule is CN1[C@@H]2CC[C@H]1CC(C(=O)OCOCc1ccccc1)C2. The van der Waals surface area contributed by atoms with E-state index in [2.05, 4.69) is 11.9 Å². The minimum absolute atomic E-state index is 0.0510. The Morgan fingerprint density at radius 2 is 1.86 bits per heavy atom. The van der Waals surface area contributed by atoms with Gasteiger partial charge >= 0.3 is 5.97 Å². The molecule has 21 heavy (non-hydrogen) atoms. The third kappa shape index (κ3) is 3.44. The van der Waals surface area contributed by atoms with Crippen LogP contribution in [0.2, 0.25) is 0 Å². The van der Waals surface area contributed by atoms with Crippen molar-refractivity contribution in [2.45, 2.75) is 44.4 Å². The van der Waals surface area contributed by atoms with Crippen LogP contribution in [0.4, 0.5) is 0 Å². The zero-order chi connectivity index (χ0) is 14.7. The van der Waals surface area contributed by atoms with E-state index in [0.29, 0.717) is 18.7 Å². The van der Waals surface area contributed by atoms with Gasteiger partial charge in [-0.1, -0.05) is 30.3 Å². The molecule has 0 radical (unpaired) electrons. The van der Waals surface area contributed by atoms with Crippen LogP contribution in [0.25, 0.3) is 0 Å². The van der Waals surface area contributed by atoms with E-state index >= 15 is 0 Å². The van der Waals surface area contributed by atoms with Gasteiger partial charge in [-0.2, -0.15) is 0 Å². The summed E-state index contributed by atoms with van der Waals surface area (Å²) in [5.41, 5.74) is 1.09. The summed E-state index contributed by atoms with van der Waals surface area (Å²) in [6.07, 6.45) is 4.31. The van der Waals surface area contributed by atoms with Crippen molar-refractivity contribution in [1.82, 2.24) is 4.90 Å². The molecule has 0 N–H and O–H groups in total. The smallest absolute Gasteiger partial charge is 0.311 e. The van der Waals surface area contributed by atoms with Crippen LogP contribution in [0.3, 0.4) is 0 Å². The summed E-state index contributed by atoms with van der Waals surface area (Å²) in [5.74, 6) is -0.0351. The lowest BCUT2D eigenvalue weighted by atomic mass is 9.91. The monoisotopic (exact) mass is 289 g/mol. The summed E-state index contributed by atoms with van der Waals surface area (Å²) in [6.45, 7) is 0.530. The predicted octanol–water partition coefficient (Wildman–Crippen LogP) is 2.58. The number of rotatable bonds is 5. The molecule has 1 aromatic rings. The molecule has 2 fully saturated rings. The molecule has 2 aliphatic rings. The van der Waals surface area contributed by atoms with Crippen LogP contribution < -0.4 is 0 Å². The minimum Gasteiger partial charge on any atom is -0.438 e. The summed E-state index contributed by atoms with van der Waals surface area (Å²) in [5, 5.41) is 0. The van der Waals surface area contributed by atoms with Crippen molar-refractivity contribution in [1.29, 1.82) is 0 Å². The Balaban J connectivity index is 1.39. The molecule has 4 nitrogen and oxygen atoms in total.